The van der Waals surface area contributed by atoms with Crippen LogP contribution in [0.3, 0.4) is 0 Å². The fourth-order valence-electron chi connectivity index (χ4n) is 3.79. The summed E-state index contributed by atoms with van der Waals surface area (Å²) in [7, 11) is 0. The lowest BCUT2D eigenvalue weighted by atomic mass is 9.86. The molecule has 0 spiro atoms. The third-order valence-electron chi connectivity index (χ3n) is 5.48. The molecule has 1 N–H and O–H groups in total. The third kappa shape index (κ3) is 4.73. The SMILES string of the molecule is CC(C)(C)c1ccc(-c2ccsc2-c2cc(Br)ccc2-c2ccc(Br)cc2CO)cc1. The van der Waals surface area contributed by atoms with Crippen LogP contribution in [0.4, 0.5) is 0 Å². The van der Waals surface area contributed by atoms with E-state index < -0.39 is 0 Å². The largest absolute Gasteiger partial charge is 0.392 e. The molecular weight excluding hydrogens is 532 g/mol. The van der Waals surface area contributed by atoms with Gasteiger partial charge >= 0.3 is 0 Å². The Bertz CT molecular complexity index is 1220. The molecule has 4 rings (SSSR count). The molecule has 1 aromatic heterocycles. The van der Waals surface area contributed by atoms with Gasteiger partial charge in [-0.15, -0.1) is 11.3 Å². The number of benzene rings is 3. The van der Waals surface area contributed by atoms with Crippen molar-refractivity contribution in [3.8, 4) is 32.7 Å². The van der Waals surface area contributed by atoms with Crippen molar-refractivity contribution in [2.45, 2.75) is 32.8 Å². The Kier molecular flexibility index (Phi) is 6.55. The van der Waals surface area contributed by atoms with E-state index in [0.717, 1.165) is 31.2 Å². The van der Waals surface area contributed by atoms with E-state index in [-0.39, 0.29) is 12.0 Å². The highest BCUT2D eigenvalue weighted by atomic mass is 79.9. The lowest BCUT2D eigenvalue weighted by Gasteiger charge is -2.19. The number of thiophene rings is 1. The van der Waals surface area contributed by atoms with E-state index in [9.17, 15) is 5.11 Å². The molecule has 3 aromatic carbocycles. The van der Waals surface area contributed by atoms with Gasteiger partial charge in [-0.3, -0.25) is 0 Å². The zero-order chi connectivity index (χ0) is 22.2. The second-order valence-electron chi connectivity index (χ2n) is 8.64. The number of halogens is 2. The van der Waals surface area contributed by atoms with Gasteiger partial charge in [0.15, 0.2) is 0 Å². The highest BCUT2D eigenvalue weighted by Crippen LogP contribution is 2.44. The summed E-state index contributed by atoms with van der Waals surface area (Å²) in [6.07, 6.45) is 0. The quantitative estimate of drug-likeness (QED) is 0.266. The van der Waals surface area contributed by atoms with Crippen LogP contribution in [0, 0.1) is 0 Å². The first-order chi connectivity index (χ1) is 14.8. The van der Waals surface area contributed by atoms with Gasteiger partial charge in [-0.2, -0.15) is 0 Å². The van der Waals surface area contributed by atoms with Gasteiger partial charge in [-0.05, 0) is 68.9 Å². The molecule has 0 saturated heterocycles. The third-order valence-corrected chi connectivity index (χ3v) is 7.42. The lowest BCUT2D eigenvalue weighted by Crippen LogP contribution is -2.10. The number of hydrogen-bond donors (Lipinski definition) is 1. The second kappa shape index (κ2) is 9.03. The van der Waals surface area contributed by atoms with Gasteiger partial charge in [-0.25, -0.2) is 0 Å². The Labute approximate surface area is 205 Å². The summed E-state index contributed by atoms with van der Waals surface area (Å²) in [5.74, 6) is 0. The Morgan fingerprint density at radius 1 is 0.742 bits per heavy atom. The van der Waals surface area contributed by atoms with Crippen LogP contribution in [-0.2, 0) is 12.0 Å². The zero-order valence-corrected chi connectivity index (χ0v) is 21.7. The molecule has 0 bridgehead atoms. The molecule has 0 saturated carbocycles. The van der Waals surface area contributed by atoms with E-state index in [1.165, 1.54) is 21.6 Å². The number of hydrogen-bond acceptors (Lipinski definition) is 2. The minimum absolute atomic E-state index is 0.00413. The average molecular weight is 556 g/mol. The molecule has 1 heterocycles. The van der Waals surface area contributed by atoms with Crippen LogP contribution >= 0.6 is 43.2 Å². The molecule has 0 atom stereocenters. The number of rotatable bonds is 4. The molecule has 4 aromatic rings. The highest BCUT2D eigenvalue weighted by Gasteiger charge is 2.18. The predicted octanol–water partition coefficient (Wildman–Crippen LogP) is 9.06. The topological polar surface area (TPSA) is 20.2 Å². The number of aliphatic hydroxyl groups is 1. The van der Waals surface area contributed by atoms with Gasteiger partial charge in [0.05, 0.1) is 6.61 Å². The van der Waals surface area contributed by atoms with Crippen LogP contribution in [0.25, 0.3) is 32.7 Å². The monoisotopic (exact) mass is 554 g/mol. The minimum Gasteiger partial charge on any atom is -0.392 e. The van der Waals surface area contributed by atoms with E-state index >= 15 is 0 Å². The Hall–Kier alpha value is -1.72. The zero-order valence-electron chi connectivity index (χ0n) is 17.7. The van der Waals surface area contributed by atoms with Crippen molar-refractivity contribution in [3.05, 3.63) is 92.2 Å². The summed E-state index contributed by atoms with van der Waals surface area (Å²) < 4.78 is 2.01. The number of aliphatic hydroxyl groups excluding tert-OH is 1. The maximum atomic E-state index is 9.98. The Morgan fingerprint density at radius 2 is 1.39 bits per heavy atom. The summed E-state index contributed by atoms with van der Waals surface area (Å²) in [5, 5.41) is 12.1. The summed E-state index contributed by atoms with van der Waals surface area (Å²) in [6, 6.07) is 23.6. The van der Waals surface area contributed by atoms with E-state index in [1.54, 1.807) is 11.3 Å². The first kappa shape index (κ1) is 22.5. The summed E-state index contributed by atoms with van der Waals surface area (Å²) >= 11 is 8.93. The lowest BCUT2D eigenvalue weighted by molar-refractivity contribution is 0.282. The van der Waals surface area contributed by atoms with E-state index in [4.69, 9.17) is 0 Å². The molecule has 0 amide bonds. The van der Waals surface area contributed by atoms with Gasteiger partial charge in [0.2, 0.25) is 0 Å². The van der Waals surface area contributed by atoms with E-state index in [2.05, 4.69) is 113 Å². The van der Waals surface area contributed by atoms with Gasteiger partial charge in [0.25, 0.3) is 0 Å². The summed E-state index contributed by atoms with van der Waals surface area (Å²) in [4.78, 5) is 1.23. The van der Waals surface area contributed by atoms with Crippen LogP contribution in [0.5, 0.6) is 0 Å². The maximum absolute atomic E-state index is 9.98. The molecule has 0 aliphatic carbocycles. The summed E-state index contributed by atoms with van der Waals surface area (Å²) in [5.41, 5.74) is 8.15. The van der Waals surface area contributed by atoms with Gasteiger partial charge < -0.3 is 5.11 Å². The van der Waals surface area contributed by atoms with Crippen molar-refractivity contribution in [2.24, 2.45) is 0 Å². The van der Waals surface area contributed by atoms with Crippen LogP contribution < -0.4 is 0 Å². The second-order valence-corrected chi connectivity index (χ2v) is 11.4. The van der Waals surface area contributed by atoms with Crippen LogP contribution in [0.15, 0.2) is 81.1 Å². The smallest absolute Gasteiger partial charge is 0.0688 e. The Balaban J connectivity index is 1.86. The van der Waals surface area contributed by atoms with Gasteiger partial charge in [0.1, 0.15) is 0 Å². The standard InChI is InChI=1S/C27H24Br2OS/c1-27(2,3)19-6-4-17(5-7-19)23-12-13-31-26(23)25-15-21(29)9-11-24(25)22-10-8-20(28)14-18(22)16-30/h4-15,30H,16H2,1-3H3. The summed E-state index contributed by atoms with van der Waals surface area (Å²) in [6.45, 7) is 6.71. The first-order valence-corrected chi connectivity index (χ1v) is 12.6. The molecule has 0 radical (unpaired) electrons. The molecule has 31 heavy (non-hydrogen) atoms. The minimum atomic E-state index is -0.00413. The van der Waals surface area contributed by atoms with Crippen molar-refractivity contribution < 1.29 is 5.11 Å². The molecule has 0 fully saturated rings. The van der Waals surface area contributed by atoms with Crippen molar-refractivity contribution in [3.63, 3.8) is 0 Å². The van der Waals surface area contributed by atoms with E-state index in [1.807, 2.05) is 12.1 Å². The van der Waals surface area contributed by atoms with Crippen molar-refractivity contribution in [2.75, 3.05) is 0 Å². The van der Waals surface area contributed by atoms with Crippen LogP contribution in [0.2, 0.25) is 0 Å². The molecule has 0 aliphatic rings. The normalized spacial score (nSPS) is 11.7. The Morgan fingerprint density at radius 3 is 2.03 bits per heavy atom. The van der Waals surface area contributed by atoms with Crippen molar-refractivity contribution in [1.29, 1.82) is 0 Å². The van der Waals surface area contributed by atoms with Crippen LogP contribution in [0.1, 0.15) is 31.9 Å². The first-order valence-electron chi connectivity index (χ1n) is 10.2. The maximum Gasteiger partial charge on any atom is 0.0688 e. The van der Waals surface area contributed by atoms with Crippen molar-refractivity contribution in [1.82, 2.24) is 0 Å². The molecule has 0 aliphatic heterocycles. The molecule has 158 valence electrons. The fourth-order valence-corrected chi connectivity index (χ4v) is 5.51. The molecule has 1 nitrogen and oxygen atoms in total. The van der Waals surface area contributed by atoms with Crippen LogP contribution in [-0.4, -0.2) is 5.11 Å². The highest BCUT2D eigenvalue weighted by molar-refractivity contribution is 9.10. The fraction of sp³-hybridized carbons (Fsp3) is 0.185. The average Bonchev–Trinajstić information content (AvgIpc) is 3.23. The predicted molar refractivity (Wildman–Crippen MR) is 141 cm³/mol. The molecular formula is C27H24Br2OS. The molecule has 0 unspecified atom stereocenters. The van der Waals surface area contributed by atoms with Crippen molar-refractivity contribution >= 4 is 43.2 Å². The molecule has 4 heteroatoms. The van der Waals surface area contributed by atoms with Gasteiger partial charge in [0, 0.05) is 24.9 Å². The van der Waals surface area contributed by atoms with E-state index in [0.29, 0.717) is 0 Å². The van der Waals surface area contributed by atoms with Gasteiger partial charge in [-0.1, -0.05) is 89.0 Å².